The van der Waals surface area contributed by atoms with Gasteiger partial charge >= 0.3 is 12.4 Å². The predicted molar refractivity (Wildman–Crippen MR) is 137 cm³/mol. The molecule has 0 fully saturated rings. The van der Waals surface area contributed by atoms with Crippen LogP contribution >= 0.6 is 0 Å². The van der Waals surface area contributed by atoms with Gasteiger partial charge in [0.15, 0.2) is 11.9 Å². The van der Waals surface area contributed by atoms with E-state index in [2.05, 4.69) is 10.3 Å². The third kappa shape index (κ3) is 9.05. The average Bonchev–Trinajstić information content (AvgIpc) is 3.02. The largest absolute Gasteiger partial charge is 0.497 e. The predicted octanol–water partition coefficient (Wildman–Crippen LogP) is 4.89. The molecular weight excluding hydrogens is 556 g/mol. The van der Waals surface area contributed by atoms with Crippen LogP contribution in [0.1, 0.15) is 48.8 Å². The summed E-state index contributed by atoms with van der Waals surface area (Å²) < 4.78 is 82.6. The molecule has 3 N–H and O–H groups in total. The second-order valence-corrected chi connectivity index (χ2v) is 9.70. The highest BCUT2D eigenvalue weighted by Crippen LogP contribution is 2.32. The Morgan fingerprint density at radius 3 is 2.24 bits per heavy atom. The third-order valence-corrected chi connectivity index (χ3v) is 6.72. The molecule has 3 rings (SSSR count). The van der Waals surface area contributed by atoms with E-state index in [0.717, 1.165) is 0 Å². The summed E-state index contributed by atoms with van der Waals surface area (Å²) in [6.07, 6.45) is -15.9. The summed E-state index contributed by atoms with van der Waals surface area (Å²) in [4.78, 5) is 43.2. The Kier molecular flexibility index (Phi) is 10.2. The van der Waals surface area contributed by atoms with Crippen LogP contribution in [0.2, 0.25) is 0 Å². The number of fused-ring (bicyclic) bond motifs is 1. The number of rotatable bonds is 11. The maximum atomic E-state index is 13.4. The Hall–Kier alpha value is -3.90. The van der Waals surface area contributed by atoms with E-state index in [4.69, 9.17) is 10.5 Å². The number of ether oxygens (including phenoxy) is 1. The number of hydrogen-bond donors (Lipinski definition) is 2. The minimum Gasteiger partial charge on any atom is -0.497 e. The van der Waals surface area contributed by atoms with Crippen molar-refractivity contribution < 1.29 is 45.5 Å². The summed E-state index contributed by atoms with van der Waals surface area (Å²) in [5.74, 6) is -5.85. The second-order valence-electron chi connectivity index (χ2n) is 9.70. The summed E-state index contributed by atoms with van der Waals surface area (Å²) in [7, 11) is 1.44. The fourth-order valence-corrected chi connectivity index (χ4v) is 4.71. The molecule has 0 aromatic heterocycles. The lowest BCUT2D eigenvalue weighted by atomic mass is 9.83. The number of hydrogen-bond acceptors (Lipinski definition) is 5. The Morgan fingerprint density at radius 1 is 1.00 bits per heavy atom. The molecule has 3 atom stereocenters. The molecule has 41 heavy (non-hydrogen) atoms. The number of benzene rings is 2. The highest BCUT2D eigenvalue weighted by atomic mass is 19.4. The molecule has 0 spiro atoms. The number of nitrogens with two attached hydrogens (primary N) is 1. The molecule has 0 unspecified atom stereocenters. The number of aliphatic imine (C=N–C) groups is 1. The van der Waals surface area contributed by atoms with Crippen LogP contribution in [0.5, 0.6) is 5.75 Å². The van der Waals surface area contributed by atoms with Gasteiger partial charge in [-0.1, -0.05) is 30.3 Å². The molecule has 1 aliphatic rings. The Bertz CT molecular complexity index is 1280. The highest BCUT2D eigenvalue weighted by Gasteiger charge is 2.39. The maximum absolute atomic E-state index is 13.4. The van der Waals surface area contributed by atoms with E-state index in [1.165, 1.54) is 7.11 Å². The number of alkyl halides is 6. The van der Waals surface area contributed by atoms with Crippen LogP contribution in [0.4, 0.5) is 26.3 Å². The van der Waals surface area contributed by atoms with Gasteiger partial charge in [0, 0.05) is 42.2 Å². The summed E-state index contributed by atoms with van der Waals surface area (Å²) in [5.41, 5.74) is 7.35. The lowest BCUT2D eigenvalue weighted by molar-refractivity contribution is -0.147. The molecule has 1 aliphatic heterocycles. The van der Waals surface area contributed by atoms with Gasteiger partial charge in [-0.25, -0.2) is 0 Å². The number of amides is 2. The molecule has 7 nitrogen and oxygen atoms in total. The molecule has 0 radical (unpaired) electrons. The average molecular weight is 586 g/mol. The zero-order valence-corrected chi connectivity index (χ0v) is 22.0. The number of carbonyl (C=O) groups excluding carboxylic acids is 3. The monoisotopic (exact) mass is 585 g/mol. The summed E-state index contributed by atoms with van der Waals surface area (Å²) in [5, 5.41) is 2.35. The lowest BCUT2D eigenvalue weighted by Gasteiger charge is -2.26. The molecule has 2 aromatic carbocycles. The van der Waals surface area contributed by atoms with Crippen LogP contribution in [-0.4, -0.2) is 48.9 Å². The van der Waals surface area contributed by atoms with Crippen molar-refractivity contribution in [2.75, 3.05) is 7.11 Å². The van der Waals surface area contributed by atoms with Crippen molar-refractivity contribution in [3.63, 3.8) is 0 Å². The van der Waals surface area contributed by atoms with Crippen molar-refractivity contribution in [2.24, 2.45) is 22.6 Å². The first-order chi connectivity index (χ1) is 19.2. The fourth-order valence-electron chi connectivity index (χ4n) is 4.71. The molecule has 2 amide bonds. The van der Waals surface area contributed by atoms with Crippen molar-refractivity contribution in [3.8, 4) is 5.75 Å². The van der Waals surface area contributed by atoms with Gasteiger partial charge in [-0.05, 0) is 43.0 Å². The molecule has 222 valence electrons. The lowest BCUT2D eigenvalue weighted by Crippen LogP contribution is -2.47. The first kappa shape index (κ1) is 31.6. The fraction of sp³-hybridized carbons (Fsp3) is 0.429. The number of Topliss-reactive ketones (excluding diaryl/α,β-unsaturated/α-hetero) is 1. The summed E-state index contributed by atoms with van der Waals surface area (Å²) in [6.45, 7) is 0. The van der Waals surface area contributed by atoms with Crippen LogP contribution in [0.15, 0.2) is 53.5 Å². The summed E-state index contributed by atoms with van der Waals surface area (Å²) >= 11 is 0. The molecule has 2 aromatic rings. The quantitative estimate of drug-likeness (QED) is 0.366. The van der Waals surface area contributed by atoms with Crippen molar-refractivity contribution >= 4 is 23.3 Å². The minimum atomic E-state index is -4.72. The Morgan fingerprint density at radius 2 is 1.66 bits per heavy atom. The summed E-state index contributed by atoms with van der Waals surface area (Å²) in [6, 6.07) is 13.6. The van der Waals surface area contributed by atoms with Crippen LogP contribution in [0, 0.1) is 11.8 Å². The van der Waals surface area contributed by atoms with Crippen molar-refractivity contribution in [2.45, 2.75) is 57.0 Å². The van der Waals surface area contributed by atoms with Gasteiger partial charge in [0.1, 0.15) is 5.75 Å². The Labute approximate surface area is 232 Å². The van der Waals surface area contributed by atoms with Gasteiger partial charge in [0.25, 0.3) is 0 Å². The molecule has 0 bridgehead atoms. The van der Waals surface area contributed by atoms with E-state index in [-0.39, 0.29) is 6.42 Å². The van der Waals surface area contributed by atoms with Crippen LogP contribution in [-0.2, 0) is 20.8 Å². The normalized spacial score (nSPS) is 17.1. The molecule has 1 heterocycles. The Balaban J connectivity index is 1.96. The molecule has 0 saturated carbocycles. The molecule has 13 heteroatoms. The third-order valence-electron chi connectivity index (χ3n) is 6.72. The van der Waals surface area contributed by atoms with Crippen molar-refractivity contribution in [1.82, 2.24) is 5.32 Å². The van der Waals surface area contributed by atoms with Crippen molar-refractivity contribution in [1.29, 1.82) is 0 Å². The van der Waals surface area contributed by atoms with Gasteiger partial charge in [-0.15, -0.1) is 0 Å². The first-order valence-electron chi connectivity index (χ1n) is 12.7. The zero-order valence-electron chi connectivity index (χ0n) is 22.0. The number of carbonyl (C=O) groups is 3. The smallest absolute Gasteiger partial charge is 0.389 e. The number of ketones is 1. The molecule has 0 aliphatic carbocycles. The van der Waals surface area contributed by atoms with Crippen LogP contribution in [0.3, 0.4) is 0 Å². The van der Waals surface area contributed by atoms with Gasteiger partial charge in [-0.3, -0.25) is 19.4 Å². The van der Waals surface area contributed by atoms with E-state index in [1.807, 2.05) is 0 Å². The van der Waals surface area contributed by atoms with Crippen LogP contribution in [0.25, 0.3) is 0 Å². The second kappa shape index (κ2) is 13.2. The highest BCUT2D eigenvalue weighted by molar-refractivity contribution is 6.16. The van der Waals surface area contributed by atoms with Crippen molar-refractivity contribution in [3.05, 3.63) is 65.2 Å². The SMILES string of the molecule is COc1ccc2c(c1)CC(=O)[C@@H](NC(=O)[C@H](CCC(F)(F)F)[C@H](CCCC(F)(F)F)C(N)=O)N=C2c1ccccc1. The zero-order chi connectivity index (χ0) is 30.4. The topological polar surface area (TPSA) is 111 Å². The number of methoxy groups -OCH3 is 1. The van der Waals surface area contributed by atoms with Gasteiger partial charge < -0.3 is 15.8 Å². The molecule has 0 saturated heterocycles. The number of primary amides is 1. The number of nitrogens with zero attached hydrogens (tertiary/aromatic N) is 1. The maximum Gasteiger partial charge on any atom is 0.389 e. The van der Waals surface area contributed by atoms with Gasteiger partial charge in [0.2, 0.25) is 11.8 Å². The van der Waals surface area contributed by atoms with E-state index in [0.29, 0.717) is 28.2 Å². The van der Waals surface area contributed by atoms with E-state index < -0.39 is 80.1 Å². The minimum absolute atomic E-state index is 0.213. The molecular formula is C28H29F6N3O4. The van der Waals surface area contributed by atoms with E-state index in [9.17, 15) is 40.7 Å². The van der Waals surface area contributed by atoms with E-state index >= 15 is 0 Å². The first-order valence-corrected chi connectivity index (χ1v) is 12.7. The van der Waals surface area contributed by atoms with Gasteiger partial charge in [0.05, 0.1) is 12.8 Å². The standard InChI is InChI=1S/C28H29F6N3O4/c1-41-18-9-10-19-17(14-18)15-22(38)25(36-23(19)16-6-3-2-4-7-16)37-26(40)21(11-13-28(32,33)34)20(24(35)39)8-5-12-27(29,30)31/h2-4,6-7,9-10,14,20-21,25H,5,8,11-13,15H2,1H3,(H2,35,39)(H,37,40)/t20-,21+,25+/m0/s1. The van der Waals surface area contributed by atoms with Crippen LogP contribution < -0.4 is 15.8 Å². The van der Waals surface area contributed by atoms with Gasteiger partial charge in [-0.2, -0.15) is 26.3 Å². The number of halogens is 6. The number of nitrogens with one attached hydrogen (secondary N) is 1. The van der Waals surface area contributed by atoms with E-state index in [1.54, 1.807) is 48.5 Å².